The maximum atomic E-state index is 14.5. The van der Waals surface area contributed by atoms with Crippen LogP contribution in [-0.4, -0.2) is 11.0 Å². The monoisotopic (exact) mass is 383 g/mol. The number of hydrogen-bond acceptors (Lipinski definition) is 3. The fraction of sp³-hybridized carbons (Fsp3) is 0.0952. The van der Waals surface area contributed by atoms with Crippen LogP contribution in [0, 0.1) is 11.6 Å². The van der Waals surface area contributed by atoms with Gasteiger partial charge in [0.25, 0.3) is 0 Å². The zero-order valence-corrected chi connectivity index (χ0v) is 15.0. The van der Waals surface area contributed by atoms with E-state index in [0.29, 0.717) is 22.7 Å². The number of benzene rings is 2. The molecule has 6 heteroatoms. The summed E-state index contributed by atoms with van der Waals surface area (Å²) >= 11 is 6.30. The highest BCUT2D eigenvalue weighted by Gasteiger charge is 2.30. The number of para-hydroxylation sites is 1. The Bertz CT molecular complexity index is 971. The third-order valence-corrected chi connectivity index (χ3v) is 4.81. The van der Waals surface area contributed by atoms with Crippen LogP contribution >= 0.6 is 11.6 Å². The van der Waals surface area contributed by atoms with Gasteiger partial charge in [-0.15, -0.1) is 0 Å². The molecule has 1 atom stereocenters. The molecule has 0 fully saturated rings. The minimum atomic E-state index is -0.594. The van der Waals surface area contributed by atoms with E-state index in [0.717, 1.165) is 5.56 Å². The summed E-state index contributed by atoms with van der Waals surface area (Å²) < 4.78 is 28.9. The van der Waals surface area contributed by atoms with Crippen LogP contribution in [0.4, 0.5) is 14.5 Å². The Hall–Kier alpha value is -2.76. The van der Waals surface area contributed by atoms with Crippen molar-refractivity contribution < 1.29 is 8.78 Å². The van der Waals surface area contributed by atoms with Gasteiger partial charge in [0, 0.05) is 24.2 Å². The lowest BCUT2D eigenvalue weighted by atomic mass is 9.95. The van der Waals surface area contributed by atoms with Crippen LogP contribution in [0.15, 0.2) is 73.2 Å². The molecule has 3 nitrogen and oxygen atoms in total. The van der Waals surface area contributed by atoms with Gasteiger partial charge in [0.2, 0.25) is 0 Å². The van der Waals surface area contributed by atoms with E-state index in [1.807, 2.05) is 30.3 Å². The van der Waals surface area contributed by atoms with Gasteiger partial charge in [-0.2, -0.15) is 0 Å². The molecule has 0 aliphatic carbocycles. The number of halogens is 3. The van der Waals surface area contributed by atoms with Gasteiger partial charge in [-0.3, -0.25) is 9.99 Å². The van der Waals surface area contributed by atoms with Crippen molar-refractivity contribution in [2.45, 2.75) is 12.5 Å². The average Bonchev–Trinajstić information content (AvgIpc) is 3.06. The maximum absolute atomic E-state index is 14.5. The zero-order chi connectivity index (χ0) is 18.8. The Labute approximate surface area is 160 Å². The van der Waals surface area contributed by atoms with Crippen molar-refractivity contribution in [2.75, 3.05) is 5.01 Å². The molecule has 1 aliphatic rings. The highest BCUT2D eigenvalue weighted by atomic mass is 35.5. The molecule has 0 saturated carbocycles. The molecule has 1 unspecified atom stereocenters. The van der Waals surface area contributed by atoms with E-state index in [-0.39, 0.29) is 11.6 Å². The molecule has 3 aromatic rings. The van der Waals surface area contributed by atoms with Gasteiger partial charge < -0.3 is 0 Å². The number of nitrogens with one attached hydrogen (secondary N) is 1. The molecule has 1 aliphatic heterocycles. The summed E-state index contributed by atoms with van der Waals surface area (Å²) in [4.78, 5) is 4.02. The molecule has 4 rings (SSSR count). The maximum Gasteiger partial charge on any atom is 0.133 e. The minimum absolute atomic E-state index is 0.0291. The fourth-order valence-electron chi connectivity index (χ4n) is 3.21. The number of hydrazine groups is 1. The summed E-state index contributed by atoms with van der Waals surface area (Å²) in [5, 5.41) is 2.26. The van der Waals surface area contributed by atoms with Crippen molar-refractivity contribution in [3.8, 4) is 0 Å². The molecule has 27 heavy (non-hydrogen) atoms. The summed E-state index contributed by atoms with van der Waals surface area (Å²) in [7, 11) is 0. The fourth-order valence-corrected chi connectivity index (χ4v) is 3.44. The van der Waals surface area contributed by atoms with E-state index in [4.69, 9.17) is 11.6 Å². The molecule has 1 aromatic heterocycles. The molecule has 136 valence electrons. The molecule has 0 amide bonds. The summed E-state index contributed by atoms with van der Waals surface area (Å²) in [6, 6.07) is 14.6. The van der Waals surface area contributed by atoms with Gasteiger partial charge in [0.05, 0.1) is 22.3 Å². The second kappa shape index (κ2) is 7.47. The molecule has 0 radical (unpaired) electrons. The Kier molecular flexibility index (Phi) is 4.88. The molecule has 2 heterocycles. The normalized spacial score (nSPS) is 16.5. The van der Waals surface area contributed by atoms with Crippen molar-refractivity contribution in [2.24, 2.45) is 0 Å². The number of hydrogen-bond donors (Lipinski definition) is 1. The third kappa shape index (κ3) is 3.56. The zero-order valence-electron chi connectivity index (χ0n) is 14.2. The van der Waals surface area contributed by atoms with E-state index in [1.54, 1.807) is 29.7 Å². The van der Waals surface area contributed by atoms with Crippen molar-refractivity contribution in [1.29, 1.82) is 0 Å². The predicted octanol–water partition coefficient (Wildman–Crippen LogP) is 4.99. The summed E-state index contributed by atoms with van der Waals surface area (Å²) in [6.45, 7) is 0. The number of nitrogens with zero attached hydrogens (tertiary/aromatic N) is 2. The second-order valence-electron chi connectivity index (χ2n) is 6.24. The van der Waals surface area contributed by atoms with Gasteiger partial charge in [0.15, 0.2) is 0 Å². The average molecular weight is 384 g/mol. The van der Waals surface area contributed by atoms with Crippen LogP contribution in [0.1, 0.15) is 11.1 Å². The van der Waals surface area contributed by atoms with Crippen LogP contribution in [0.2, 0.25) is 5.02 Å². The van der Waals surface area contributed by atoms with Gasteiger partial charge in [-0.1, -0.05) is 29.8 Å². The van der Waals surface area contributed by atoms with E-state index in [2.05, 4.69) is 10.4 Å². The number of anilines is 1. The second-order valence-corrected chi connectivity index (χ2v) is 6.65. The van der Waals surface area contributed by atoms with Gasteiger partial charge in [-0.05, 0) is 48.4 Å². The largest absolute Gasteiger partial charge is 0.282 e. The van der Waals surface area contributed by atoms with Gasteiger partial charge in [0.1, 0.15) is 11.6 Å². The minimum Gasteiger partial charge on any atom is -0.282 e. The Morgan fingerprint density at radius 1 is 0.963 bits per heavy atom. The first-order valence-corrected chi connectivity index (χ1v) is 8.86. The van der Waals surface area contributed by atoms with E-state index < -0.39 is 11.6 Å². The lowest BCUT2D eigenvalue weighted by molar-refractivity contribution is 0.569. The van der Waals surface area contributed by atoms with Crippen molar-refractivity contribution in [3.63, 3.8) is 0 Å². The van der Waals surface area contributed by atoms with E-state index in [1.165, 1.54) is 18.2 Å². The van der Waals surface area contributed by atoms with Gasteiger partial charge >= 0.3 is 0 Å². The Morgan fingerprint density at radius 3 is 2.37 bits per heavy atom. The van der Waals surface area contributed by atoms with Crippen molar-refractivity contribution in [3.05, 3.63) is 101 Å². The molecule has 0 bridgehead atoms. The summed E-state index contributed by atoms with van der Waals surface area (Å²) in [5.74, 6) is -1.19. The highest BCUT2D eigenvalue weighted by molar-refractivity contribution is 6.33. The lowest BCUT2D eigenvalue weighted by Gasteiger charge is -2.21. The quantitative estimate of drug-likeness (QED) is 0.688. The smallest absolute Gasteiger partial charge is 0.133 e. The van der Waals surface area contributed by atoms with Gasteiger partial charge in [-0.25, -0.2) is 14.2 Å². The van der Waals surface area contributed by atoms with Crippen molar-refractivity contribution in [1.82, 2.24) is 10.4 Å². The van der Waals surface area contributed by atoms with Crippen LogP contribution in [0.5, 0.6) is 0 Å². The predicted molar refractivity (Wildman–Crippen MR) is 103 cm³/mol. The third-order valence-electron chi connectivity index (χ3n) is 4.49. The Morgan fingerprint density at radius 2 is 1.67 bits per heavy atom. The SMILES string of the molecule is Fc1cccc(F)c1C1=CN(c2ccccc2Cl)NC1Cc1ccncc1. The first-order valence-electron chi connectivity index (χ1n) is 8.48. The summed E-state index contributed by atoms with van der Waals surface area (Å²) in [6.07, 6.45) is 5.64. The number of aromatic nitrogens is 1. The number of pyridine rings is 1. The molecular formula is C21H16ClF2N3. The summed E-state index contributed by atoms with van der Waals surface area (Å²) in [5.41, 5.74) is 5.52. The van der Waals surface area contributed by atoms with E-state index >= 15 is 0 Å². The molecule has 0 spiro atoms. The first kappa shape index (κ1) is 17.6. The van der Waals surface area contributed by atoms with Crippen LogP contribution < -0.4 is 10.4 Å². The van der Waals surface area contributed by atoms with Crippen molar-refractivity contribution >= 4 is 22.9 Å². The lowest BCUT2D eigenvalue weighted by Crippen LogP contribution is -2.37. The molecular weight excluding hydrogens is 368 g/mol. The van der Waals surface area contributed by atoms with Crippen LogP contribution in [-0.2, 0) is 6.42 Å². The topological polar surface area (TPSA) is 28.2 Å². The Balaban J connectivity index is 1.76. The highest BCUT2D eigenvalue weighted by Crippen LogP contribution is 2.34. The van der Waals surface area contributed by atoms with E-state index in [9.17, 15) is 8.78 Å². The molecule has 2 aromatic carbocycles. The van der Waals surface area contributed by atoms with Crippen LogP contribution in [0.25, 0.3) is 5.57 Å². The first-order chi connectivity index (χ1) is 13.1. The van der Waals surface area contributed by atoms with Crippen LogP contribution in [0.3, 0.4) is 0 Å². The molecule has 0 saturated heterocycles. The number of rotatable bonds is 4. The standard InChI is InChI=1S/C21H16ClF2N3/c22-16-4-1-2-7-20(16)27-13-15(21-17(23)5-3-6-18(21)24)19(26-27)12-14-8-10-25-11-9-14/h1-11,13,19,26H,12H2. The molecule has 1 N–H and O–H groups in total.